The molecule has 0 aliphatic heterocycles. The molecule has 1 aliphatic carbocycles. The van der Waals surface area contributed by atoms with Gasteiger partial charge in [0.05, 0.1) is 5.69 Å². The molecule has 2 aromatic rings. The highest BCUT2D eigenvalue weighted by atomic mass is 35.5. The van der Waals surface area contributed by atoms with Crippen LogP contribution in [0.1, 0.15) is 58.0 Å². The van der Waals surface area contributed by atoms with Gasteiger partial charge in [-0.3, -0.25) is 4.79 Å². The first-order chi connectivity index (χ1) is 12.8. The summed E-state index contributed by atoms with van der Waals surface area (Å²) in [5.74, 6) is -2.20. The Morgan fingerprint density at radius 1 is 1.33 bits per heavy atom. The first kappa shape index (κ1) is 19.8. The summed E-state index contributed by atoms with van der Waals surface area (Å²) >= 11 is 6.80. The zero-order valence-corrected chi connectivity index (χ0v) is 16.7. The zero-order valence-electron chi connectivity index (χ0n) is 14.4. The lowest BCUT2D eigenvalue weighted by molar-refractivity contribution is 0.0212. The summed E-state index contributed by atoms with van der Waals surface area (Å²) in [5.41, 5.74) is 0.256. The van der Waals surface area contributed by atoms with E-state index in [-0.39, 0.29) is 26.6 Å². The van der Waals surface area contributed by atoms with E-state index >= 15 is 0 Å². The Balaban J connectivity index is 1.77. The van der Waals surface area contributed by atoms with Crippen molar-refractivity contribution in [3.05, 3.63) is 32.8 Å². The SMILES string of the molecule is Cc1noc(C(=O)NS(=O)(=O)c2ccsc2C(=O)OC2CCCCC2)c1Cl. The third-order valence-corrected chi connectivity index (χ3v) is 7.00. The molecule has 1 fully saturated rings. The van der Waals surface area contributed by atoms with Gasteiger partial charge in [-0.05, 0) is 44.1 Å². The second-order valence-electron chi connectivity index (χ2n) is 6.13. The maximum absolute atomic E-state index is 12.6. The molecule has 0 unspecified atom stereocenters. The summed E-state index contributed by atoms with van der Waals surface area (Å²) in [5, 5.41) is 4.87. The number of thiophene rings is 1. The molecular formula is C16H17ClN2O6S2. The van der Waals surface area contributed by atoms with Crippen LogP contribution in [0.5, 0.6) is 0 Å². The van der Waals surface area contributed by atoms with Crippen molar-refractivity contribution in [2.75, 3.05) is 0 Å². The van der Waals surface area contributed by atoms with Gasteiger partial charge < -0.3 is 9.26 Å². The molecule has 1 aliphatic rings. The van der Waals surface area contributed by atoms with Gasteiger partial charge in [0.25, 0.3) is 10.0 Å². The van der Waals surface area contributed by atoms with Crippen LogP contribution in [0.4, 0.5) is 0 Å². The van der Waals surface area contributed by atoms with Crippen molar-refractivity contribution in [3.8, 4) is 0 Å². The van der Waals surface area contributed by atoms with Crippen LogP contribution >= 0.6 is 22.9 Å². The molecule has 0 aromatic carbocycles. The van der Waals surface area contributed by atoms with Gasteiger partial charge in [-0.2, -0.15) is 0 Å². The number of sulfonamides is 1. The zero-order chi connectivity index (χ0) is 19.6. The van der Waals surface area contributed by atoms with Crippen LogP contribution in [0.3, 0.4) is 0 Å². The Morgan fingerprint density at radius 3 is 2.67 bits per heavy atom. The van der Waals surface area contributed by atoms with E-state index in [1.807, 2.05) is 4.72 Å². The van der Waals surface area contributed by atoms with Gasteiger partial charge >= 0.3 is 11.9 Å². The highest BCUT2D eigenvalue weighted by Gasteiger charge is 2.30. The van der Waals surface area contributed by atoms with E-state index in [0.29, 0.717) is 0 Å². The molecular weight excluding hydrogens is 416 g/mol. The van der Waals surface area contributed by atoms with Crippen molar-refractivity contribution >= 4 is 44.8 Å². The Morgan fingerprint density at radius 2 is 2.04 bits per heavy atom. The second-order valence-corrected chi connectivity index (χ2v) is 9.07. The fraction of sp³-hybridized carbons (Fsp3) is 0.438. The third-order valence-electron chi connectivity index (χ3n) is 4.15. The molecule has 1 N–H and O–H groups in total. The molecule has 11 heteroatoms. The fourth-order valence-corrected chi connectivity index (χ4v) is 5.17. The molecule has 0 atom stereocenters. The van der Waals surface area contributed by atoms with Crippen molar-refractivity contribution in [3.63, 3.8) is 0 Å². The number of halogens is 1. The van der Waals surface area contributed by atoms with Gasteiger partial charge in [0.1, 0.15) is 20.9 Å². The van der Waals surface area contributed by atoms with E-state index < -0.39 is 27.7 Å². The van der Waals surface area contributed by atoms with Gasteiger partial charge in [0.2, 0.25) is 5.76 Å². The molecule has 27 heavy (non-hydrogen) atoms. The lowest BCUT2D eigenvalue weighted by Crippen LogP contribution is -2.31. The van der Waals surface area contributed by atoms with Gasteiger partial charge in [-0.1, -0.05) is 23.2 Å². The number of nitrogens with zero attached hydrogens (tertiary/aromatic N) is 1. The number of carbonyl (C=O) groups is 2. The van der Waals surface area contributed by atoms with Crippen molar-refractivity contribution in [2.24, 2.45) is 0 Å². The average molecular weight is 433 g/mol. The van der Waals surface area contributed by atoms with Crippen molar-refractivity contribution in [2.45, 2.75) is 50.0 Å². The summed E-state index contributed by atoms with van der Waals surface area (Å²) in [6.45, 7) is 1.51. The molecule has 8 nitrogen and oxygen atoms in total. The van der Waals surface area contributed by atoms with Crippen LogP contribution in [-0.4, -0.2) is 31.6 Å². The number of carbonyl (C=O) groups excluding carboxylic acids is 2. The summed E-state index contributed by atoms with van der Waals surface area (Å²) in [4.78, 5) is 24.2. The molecule has 0 bridgehead atoms. The molecule has 2 aromatic heterocycles. The van der Waals surface area contributed by atoms with Crippen LogP contribution in [-0.2, 0) is 14.8 Å². The minimum Gasteiger partial charge on any atom is -0.458 e. The third kappa shape index (κ3) is 4.33. The number of aryl methyl sites for hydroxylation is 1. The van der Waals surface area contributed by atoms with Crippen LogP contribution < -0.4 is 4.72 Å². The van der Waals surface area contributed by atoms with Crippen LogP contribution in [0.25, 0.3) is 0 Å². The number of amides is 1. The van der Waals surface area contributed by atoms with Crippen LogP contribution in [0.2, 0.25) is 5.02 Å². The molecule has 1 saturated carbocycles. The predicted octanol–water partition coefficient (Wildman–Crippen LogP) is 3.31. The standard InChI is InChI=1S/C16H17ClN2O6S2/c1-9-12(17)13(25-18-9)15(20)19-27(22,23)11-7-8-26-14(11)16(21)24-10-5-3-2-4-6-10/h7-8,10H,2-6H2,1H3,(H,19,20). The minimum atomic E-state index is -4.32. The molecule has 146 valence electrons. The number of aromatic nitrogens is 1. The predicted molar refractivity (Wildman–Crippen MR) is 97.5 cm³/mol. The highest BCUT2D eigenvalue weighted by Crippen LogP contribution is 2.27. The number of esters is 1. The van der Waals surface area contributed by atoms with Gasteiger partial charge in [0.15, 0.2) is 0 Å². The summed E-state index contributed by atoms with van der Waals surface area (Å²) in [6, 6.07) is 1.24. The topological polar surface area (TPSA) is 116 Å². The smallest absolute Gasteiger partial charge is 0.350 e. The quantitative estimate of drug-likeness (QED) is 0.720. The molecule has 2 heterocycles. The maximum atomic E-state index is 12.6. The van der Waals surface area contributed by atoms with Gasteiger partial charge in [-0.25, -0.2) is 17.9 Å². The lowest BCUT2D eigenvalue weighted by Gasteiger charge is -2.21. The number of hydrogen-bond acceptors (Lipinski definition) is 8. The van der Waals surface area contributed by atoms with Crippen molar-refractivity contribution in [1.82, 2.24) is 9.88 Å². The molecule has 0 radical (unpaired) electrons. The fourth-order valence-electron chi connectivity index (χ4n) is 2.77. The first-order valence-corrected chi connectivity index (χ1v) is 11.0. The molecule has 0 spiro atoms. The summed E-state index contributed by atoms with van der Waals surface area (Å²) < 4.78 is 37.2. The van der Waals surface area contributed by atoms with Crippen molar-refractivity contribution in [1.29, 1.82) is 0 Å². The minimum absolute atomic E-state index is 0.0787. The number of ether oxygens (including phenoxy) is 1. The first-order valence-electron chi connectivity index (χ1n) is 8.27. The summed E-state index contributed by atoms with van der Waals surface area (Å²) in [7, 11) is -4.32. The number of hydrogen-bond donors (Lipinski definition) is 1. The van der Waals surface area contributed by atoms with Crippen LogP contribution in [0.15, 0.2) is 20.9 Å². The Hall–Kier alpha value is -1.91. The van der Waals surface area contributed by atoms with E-state index in [4.69, 9.17) is 20.9 Å². The Bertz CT molecular complexity index is 959. The highest BCUT2D eigenvalue weighted by molar-refractivity contribution is 7.90. The van der Waals surface area contributed by atoms with Gasteiger partial charge in [-0.15, -0.1) is 11.3 Å². The van der Waals surface area contributed by atoms with Crippen LogP contribution in [0, 0.1) is 6.92 Å². The maximum Gasteiger partial charge on any atom is 0.350 e. The van der Waals surface area contributed by atoms with E-state index in [1.54, 1.807) is 0 Å². The largest absolute Gasteiger partial charge is 0.458 e. The molecule has 1 amide bonds. The van der Waals surface area contributed by atoms with E-state index in [1.165, 1.54) is 18.4 Å². The second kappa shape index (κ2) is 7.99. The van der Waals surface area contributed by atoms with Crippen molar-refractivity contribution < 1.29 is 27.3 Å². The van der Waals surface area contributed by atoms with E-state index in [9.17, 15) is 18.0 Å². The number of rotatable bonds is 5. The molecule has 3 rings (SSSR count). The summed E-state index contributed by atoms with van der Waals surface area (Å²) in [6.07, 6.45) is 4.36. The molecule has 0 saturated heterocycles. The monoisotopic (exact) mass is 432 g/mol. The Labute approximate surface area is 164 Å². The number of nitrogens with one attached hydrogen (secondary N) is 1. The van der Waals surface area contributed by atoms with E-state index in [2.05, 4.69) is 5.16 Å². The van der Waals surface area contributed by atoms with Gasteiger partial charge in [0, 0.05) is 0 Å². The lowest BCUT2D eigenvalue weighted by atomic mass is 9.98. The average Bonchev–Trinajstić information content (AvgIpc) is 3.24. The normalized spacial score (nSPS) is 15.5. The Kier molecular flexibility index (Phi) is 5.87. The van der Waals surface area contributed by atoms with E-state index in [0.717, 1.165) is 43.4 Å².